The van der Waals surface area contributed by atoms with E-state index < -0.39 is 28.5 Å². The molecule has 1 saturated heterocycles. The largest absolute Gasteiger partial charge is 0.611 e. The molecule has 0 spiro atoms. The second kappa shape index (κ2) is 14.1. The second-order valence-corrected chi connectivity index (χ2v) is 15.8. The molecule has 0 aromatic heterocycles. The molecular formula is C36H39Cl2N3O7S. The van der Waals surface area contributed by atoms with E-state index in [4.69, 9.17) is 23.2 Å². The van der Waals surface area contributed by atoms with Crippen molar-refractivity contribution >= 4 is 58.0 Å². The van der Waals surface area contributed by atoms with Gasteiger partial charge in [0, 0.05) is 73.4 Å². The molecule has 2 aliphatic carbocycles. The predicted octanol–water partition coefficient (Wildman–Crippen LogP) is 4.97. The zero-order valence-corrected chi connectivity index (χ0v) is 29.7. The van der Waals surface area contributed by atoms with E-state index in [-0.39, 0.29) is 56.2 Å². The van der Waals surface area contributed by atoms with Crippen LogP contribution in [0.2, 0.25) is 10.0 Å². The van der Waals surface area contributed by atoms with Crippen molar-refractivity contribution < 1.29 is 33.9 Å². The molecule has 2 heterocycles. The highest BCUT2D eigenvalue weighted by molar-refractivity contribution is 7.91. The number of carbonyl (C=O) groups excluding carboxylic acids is 2. The van der Waals surface area contributed by atoms with E-state index >= 15 is 0 Å². The molecule has 2 N–H and O–H groups in total. The highest BCUT2D eigenvalue weighted by atomic mass is 35.5. The fourth-order valence-corrected chi connectivity index (χ4v) is 10.5. The summed E-state index contributed by atoms with van der Waals surface area (Å²) in [5.41, 5.74) is -2.35. The number of benzene rings is 2. The summed E-state index contributed by atoms with van der Waals surface area (Å²) < 4.78 is 13.7. The van der Waals surface area contributed by atoms with Gasteiger partial charge in [0.05, 0.1) is 28.7 Å². The van der Waals surface area contributed by atoms with Gasteiger partial charge in [-0.1, -0.05) is 47.5 Å². The molecule has 4 unspecified atom stereocenters. The second-order valence-electron chi connectivity index (χ2n) is 13.5. The quantitative estimate of drug-likeness (QED) is 0.343. The minimum atomic E-state index is -1.92. The van der Waals surface area contributed by atoms with E-state index in [9.17, 15) is 33.9 Å². The van der Waals surface area contributed by atoms with Crippen molar-refractivity contribution in [3.8, 4) is 0 Å². The minimum absolute atomic E-state index is 0.0581. The Hall–Kier alpha value is -3.35. The lowest BCUT2D eigenvalue weighted by Crippen LogP contribution is -2.52. The molecule has 260 valence electrons. The summed E-state index contributed by atoms with van der Waals surface area (Å²) in [5.74, 6) is -2.15. The molecule has 0 bridgehead atoms. The summed E-state index contributed by atoms with van der Waals surface area (Å²) >= 11 is 11.6. The van der Waals surface area contributed by atoms with Gasteiger partial charge in [-0.2, -0.15) is 0 Å². The van der Waals surface area contributed by atoms with E-state index in [1.165, 1.54) is 31.0 Å². The van der Waals surface area contributed by atoms with Crippen LogP contribution in [0.15, 0.2) is 76.0 Å². The van der Waals surface area contributed by atoms with Gasteiger partial charge in [-0.05, 0) is 67.0 Å². The first-order valence-electron chi connectivity index (χ1n) is 16.4. The van der Waals surface area contributed by atoms with E-state index in [1.807, 2.05) is 0 Å². The molecule has 2 saturated carbocycles. The summed E-state index contributed by atoms with van der Waals surface area (Å²) in [6.07, 6.45) is 3.01. The number of rotatable bonds is 9. The van der Waals surface area contributed by atoms with Crippen LogP contribution in [0.3, 0.4) is 0 Å². The van der Waals surface area contributed by atoms with Crippen LogP contribution in [0.25, 0.3) is 0 Å². The first-order chi connectivity index (χ1) is 23.3. The number of amides is 1. The molecule has 2 aromatic rings. The first-order valence-corrected chi connectivity index (χ1v) is 18.5. The Kier molecular flexibility index (Phi) is 10.2. The van der Waals surface area contributed by atoms with Crippen molar-refractivity contribution in [1.29, 1.82) is 0 Å². The van der Waals surface area contributed by atoms with Crippen LogP contribution in [0, 0.1) is 11.8 Å². The number of carboxylic acids is 2. The van der Waals surface area contributed by atoms with Gasteiger partial charge in [0.1, 0.15) is 5.78 Å². The van der Waals surface area contributed by atoms with Gasteiger partial charge in [-0.25, -0.2) is 9.59 Å². The lowest BCUT2D eigenvalue weighted by molar-refractivity contribution is -0.134. The number of carboxylic acid groups (broad SMARTS) is 2. The number of aliphatic carboxylic acids is 2. The number of nitrogens with zero attached hydrogens (tertiary/aromatic N) is 3. The monoisotopic (exact) mass is 727 g/mol. The number of carbonyl (C=O) groups is 4. The molecule has 49 heavy (non-hydrogen) atoms. The van der Waals surface area contributed by atoms with Crippen molar-refractivity contribution in [1.82, 2.24) is 14.7 Å². The lowest BCUT2D eigenvalue weighted by atomic mass is 9.66. The number of halogens is 2. The smallest absolute Gasteiger partial charge is 0.334 e. The summed E-state index contributed by atoms with van der Waals surface area (Å²) in [6.45, 7) is 3.69. The van der Waals surface area contributed by atoms with E-state index in [0.29, 0.717) is 67.6 Å². The number of hydrogen-bond acceptors (Lipinski definition) is 7. The van der Waals surface area contributed by atoms with Crippen molar-refractivity contribution in [2.24, 2.45) is 11.8 Å². The fourth-order valence-electron chi connectivity index (χ4n) is 8.49. The number of fused-ring (bicyclic) bond motifs is 1. The summed E-state index contributed by atoms with van der Waals surface area (Å²) in [5, 5.41) is 21.7. The Bertz CT molecular complexity index is 1710. The Morgan fingerprint density at radius 1 is 0.878 bits per heavy atom. The van der Waals surface area contributed by atoms with Gasteiger partial charge in [0.15, 0.2) is 10.6 Å². The van der Waals surface area contributed by atoms with Crippen LogP contribution >= 0.6 is 23.2 Å². The van der Waals surface area contributed by atoms with Crippen LogP contribution in [0.4, 0.5) is 0 Å². The van der Waals surface area contributed by atoms with Gasteiger partial charge >= 0.3 is 11.9 Å². The SMILES string of the molecule is CN1C(CC(=O)N2CCN(C3CC4CC(=O)CC4C3)CC2)=C(C(=O)O)C(C)(c2c(Cl)cccc2Cl)C(C(=O)O)=C1C[S+]([O-])c1ccccc1. The number of Topliss-reactive ketones (excluding diaryl/α,β-unsaturated/α-hetero) is 1. The standard InChI is InChI=1S/C36H39Cl2N3O7S/c1-36(31-26(37)9-6-10-27(31)38)32(34(44)45)28(39(2)29(33(36)35(46)47)20-49(48)25-7-4-3-5-8-25)19-30(43)41-13-11-40(12-14-41)23-15-21-17-24(42)18-22(21)16-23/h3-10,21-23H,11-20H2,1-2H3,(H,44,45)(H,46,47). The minimum Gasteiger partial charge on any atom is -0.611 e. The molecular weight excluding hydrogens is 689 g/mol. The number of hydrogen-bond donors (Lipinski definition) is 2. The van der Waals surface area contributed by atoms with Crippen molar-refractivity contribution in [2.45, 2.75) is 55.4 Å². The zero-order valence-electron chi connectivity index (χ0n) is 27.4. The highest BCUT2D eigenvalue weighted by Gasteiger charge is 2.53. The van der Waals surface area contributed by atoms with Crippen LogP contribution in [-0.2, 0) is 35.8 Å². The predicted molar refractivity (Wildman–Crippen MR) is 186 cm³/mol. The van der Waals surface area contributed by atoms with E-state index in [2.05, 4.69) is 4.90 Å². The molecule has 4 aliphatic rings. The van der Waals surface area contributed by atoms with Gasteiger partial charge in [-0.3, -0.25) is 14.5 Å². The lowest BCUT2D eigenvalue weighted by Gasteiger charge is -2.44. The maximum Gasteiger partial charge on any atom is 0.334 e. The third-order valence-electron chi connectivity index (χ3n) is 10.8. The Labute approximate surface area is 298 Å². The molecule has 3 fully saturated rings. The van der Waals surface area contributed by atoms with Gasteiger partial charge in [0.2, 0.25) is 5.91 Å². The molecule has 6 rings (SSSR count). The maximum atomic E-state index is 14.0. The zero-order chi connectivity index (χ0) is 35.2. The van der Waals surface area contributed by atoms with Crippen LogP contribution in [0.5, 0.6) is 0 Å². The van der Waals surface area contributed by atoms with Crippen molar-refractivity contribution in [3.63, 3.8) is 0 Å². The van der Waals surface area contributed by atoms with Gasteiger partial charge in [0.25, 0.3) is 0 Å². The van der Waals surface area contributed by atoms with Crippen LogP contribution in [0.1, 0.15) is 44.6 Å². The Morgan fingerprint density at radius 3 is 1.98 bits per heavy atom. The van der Waals surface area contributed by atoms with E-state index in [0.717, 1.165) is 12.8 Å². The molecule has 1 amide bonds. The topological polar surface area (TPSA) is 142 Å². The summed E-state index contributed by atoms with van der Waals surface area (Å²) in [6, 6.07) is 13.5. The third-order valence-corrected chi connectivity index (χ3v) is 12.8. The van der Waals surface area contributed by atoms with Crippen molar-refractivity contribution in [3.05, 3.63) is 86.7 Å². The van der Waals surface area contributed by atoms with Gasteiger partial charge in [-0.15, -0.1) is 0 Å². The molecule has 2 aliphatic heterocycles. The van der Waals surface area contributed by atoms with Gasteiger partial charge < -0.3 is 24.6 Å². The molecule has 0 radical (unpaired) electrons. The number of piperazine rings is 1. The molecule has 10 nitrogen and oxygen atoms in total. The maximum absolute atomic E-state index is 14.0. The number of ketones is 1. The van der Waals surface area contributed by atoms with Crippen LogP contribution in [-0.4, -0.2) is 98.1 Å². The van der Waals surface area contributed by atoms with Crippen LogP contribution < -0.4 is 0 Å². The average Bonchev–Trinajstić information content (AvgIpc) is 3.61. The average molecular weight is 729 g/mol. The van der Waals surface area contributed by atoms with E-state index in [1.54, 1.807) is 41.3 Å². The third kappa shape index (κ3) is 6.63. The Balaban J connectivity index is 1.34. The summed E-state index contributed by atoms with van der Waals surface area (Å²) in [4.78, 5) is 58.4. The summed E-state index contributed by atoms with van der Waals surface area (Å²) in [7, 11) is 1.51. The fraction of sp³-hybridized carbons (Fsp3) is 0.444. The van der Waals surface area contributed by atoms with Crippen molar-refractivity contribution in [2.75, 3.05) is 39.0 Å². The molecule has 2 aromatic carbocycles. The first kappa shape index (κ1) is 35.5. The highest BCUT2D eigenvalue weighted by Crippen LogP contribution is 2.52. The normalized spacial score (nSPS) is 26.7. The molecule has 13 heteroatoms. The Morgan fingerprint density at radius 2 is 1.43 bits per heavy atom. The molecule has 4 atom stereocenters.